The van der Waals surface area contributed by atoms with E-state index in [0.717, 1.165) is 28.4 Å². The molecule has 0 amide bonds. The average Bonchev–Trinajstić information content (AvgIpc) is 3.00. The summed E-state index contributed by atoms with van der Waals surface area (Å²) in [4.78, 5) is 4.48. The van der Waals surface area contributed by atoms with E-state index in [0.29, 0.717) is 18.9 Å². The lowest BCUT2D eigenvalue weighted by Crippen LogP contribution is -2.02. The monoisotopic (exact) mass is 294 g/mol. The first-order valence-corrected chi connectivity index (χ1v) is 7.18. The Bertz CT molecular complexity index is 752. The molecule has 0 aliphatic carbocycles. The number of para-hydroxylation sites is 1. The first kappa shape index (κ1) is 14.1. The van der Waals surface area contributed by atoms with E-state index in [-0.39, 0.29) is 0 Å². The number of aryl methyl sites for hydroxylation is 1. The number of ether oxygens (including phenoxy) is 1. The van der Waals surface area contributed by atoms with Gasteiger partial charge in [0.1, 0.15) is 11.6 Å². The zero-order valence-electron chi connectivity index (χ0n) is 12.4. The van der Waals surface area contributed by atoms with Crippen LogP contribution in [-0.2, 0) is 6.42 Å². The summed E-state index contributed by atoms with van der Waals surface area (Å²) in [7, 11) is 0. The highest BCUT2D eigenvalue weighted by Crippen LogP contribution is 2.20. The molecule has 5 nitrogen and oxygen atoms in total. The zero-order chi connectivity index (χ0) is 15.4. The van der Waals surface area contributed by atoms with Crippen molar-refractivity contribution in [3.8, 4) is 17.1 Å². The van der Waals surface area contributed by atoms with E-state index < -0.39 is 0 Å². The molecule has 112 valence electrons. The van der Waals surface area contributed by atoms with Gasteiger partial charge in [0.25, 0.3) is 0 Å². The number of nitrogen functional groups attached to an aromatic ring is 1. The zero-order valence-corrected chi connectivity index (χ0v) is 12.4. The van der Waals surface area contributed by atoms with E-state index in [1.807, 2.05) is 55.5 Å². The molecule has 0 fully saturated rings. The summed E-state index contributed by atoms with van der Waals surface area (Å²) in [6.07, 6.45) is 0.670. The number of hydrogen-bond acceptors (Lipinski definition) is 4. The maximum atomic E-state index is 5.92. The van der Waals surface area contributed by atoms with E-state index in [1.165, 1.54) is 0 Å². The van der Waals surface area contributed by atoms with Crippen LogP contribution in [0.5, 0.6) is 5.75 Å². The van der Waals surface area contributed by atoms with Crippen LogP contribution in [0.3, 0.4) is 0 Å². The SMILES string of the molecule is Cc1ccc(-c2n[nH]c(CCOc3ccccc3)n2)cc1N. The standard InChI is InChI=1S/C17H18N4O/c1-12-7-8-13(11-15(12)18)17-19-16(20-21-17)9-10-22-14-5-3-2-4-6-14/h2-8,11H,9-10,18H2,1H3,(H,19,20,21). The molecule has 0 radical (unpaired) electrons. The molecule has 0 saturated heterocycles. The van der Waals surface area contributed by atoms with Gasteiger partial charge >= 0.3 is 0 Å². The molecule has 3 aromatic rings. The highest BCUT2D eigenvalue weighted by molar-refractivity contribution is 5.63. The highest BCUT2D eigenvalue weighted by atomic mass is 16.5. The normalized spacial score (nSPS) is 10.6. The van der Waals surface area contributed by atoms with Crippen LogP contribution in [0.15, 0.2) is 48.5 Å². The first-order chi connectivity index (χ1) is 10.7. The van der Waals surface area contributed by atoms with Crippen molar-refractivity contribution in [2.45, 2.75) is 13.3 Å². The Kier molecular flexibility index (Phi) is 4.05. The highest BCUT2D eigenvalue weighted by Gasteiger charge is 2.07. The fourth-order valence-corrected chi connectivity index (χ4v) is 2.10. The van der Waals surface area contributed by atoms with Gasteiger partial charge in [0.2, 0.25) is 0 Å². The van der Waals surface area contributed by atoms with E-state index in [9.17, 15) is 0 Å². The molecule has 0 aliphatic heterocycles. The number of nitrogens with one attached hydrogen (secondary N) is 1. The van der Waals surface area contributed by atoms with Crippen LogP contribution in [0.4, 0.5) is 5.69 Å². The summed E-state index contributed by atoms with van der Waals surface area (Å²) < 4.78 is 5.65. The molecule has 0 atom stereocenters. The summed E-state index contributed by atoms with van der Waals surface area (Å²) in [5, 5.41) is 7.18. The van der Waals surface area contributed by atoms with Gasteiger partial charge in [-0.1, -0.05) is 30.3 Å². The predicted molar refractivity (Wildman–Crippen MR) is 86.6 cm³/mol. The molecular formula is C17H18N4O. The van der Waals surface area contributed by atoms with Gasteiger partial charge in [-0.3, -0.25) is 5.10 Å². The van der Waals surface area contributed by atoms with E-state index in [4.69, 9.17) is 10.5 Å². The molecule has 0 saturated carbocycles. The van der Waals surface area contributed by atoms with Gasteiger partial charge in [0, 0.05) is 17.7 Å². The maximum absolute atomic E-state index is 5.92. The topological polar surface area (TPSA) is 76.8 Å². The van der Waals surface area contributed by atoms with Crippen LogP contribution < -0.4 is 10.5 Å². The second-order valence-corrected chi connectivity index (χ2v) is 5.09. The van der Waals surface area contributed by atoms with Crippen molar-refractivity contribution in [2.75, 3.05) is 12.3 Å². The summed E-state index contributed by atoms with van der Waals surface area (Å²) in [6, 6.07) is 15.6. The maximum Gasteiger partial charge on any atom is 0.181 e. The summed E-state index contributed by atoms with van der Waals surface area (Å²) in [6.45, 7) is 2.53. The van der Waals surface area contributed by atoms with Gasteiger partial charge in [-0.25, -0.2) is 4.98 Å². The van der Waals surface area contributed by atoms with Crippen molar-refractivity contribution in [1.29, 1.82) is 0 Å². The summed E-state index contributed by atoms with van der Waals surface area (Å²) in [5.74, 6) is 2.31. The predicted octanol–water partition coefficient (Wildman–Crippen LogP) is 2.98. The van der Waals surface area contributed by atoms with Crippen molar-refractivity contribution in [3.63, 3.8) is 0 Å². The number of nitrogens with zero attached hydrogens (tertiary/aromatic N) is 2. The van der Waals surface area contributed by atoms with Crippen molar-refractivity contribution in [2.24, 2.45) is 0 Å². The van der Waals surface area contributed by atoms with Gasteiger partial charge in [0.05, 0.1) is 6.61 Å². The summed E-state index contributed by atoms with van der Waals surface area (Å²) >= 11 is 0. The van der Waals surface area contributed by atoms with E-state index in [1.54, 1.807) is 0 Å². The lowest BCUT2D eigenvalue weighted by molar-refractivity contribution is 0.319. The molecule has 1 aromatic heterocycles. The first-order valence-electron chi connectivity index (χ1n) is 7.18. The minimum Gasteiger partial charge on any atom is -0.493 e. The fourth-order valence-electron chi connectivity index (χ4n) is 2.10. The van der Waals surface area contributed by atoms with Gasteiger partial charge in [0.15, 0.2) is 5.82 Å². The van der Waals surface area contributed by atoms with Crippen LogP contribution in [0.1, 0.15) is 11.4 Å². The second kappa shape index (κ2) is 6.30. The average molecular weight is 294 g/mol. The van der Waals surface area contributed by atoms with E-state index in [2.05, 4.69) is 15.2 Å². The lowest BCUT2D eigenvalue weighted by atomic mass is 10.1. The Morgan fingerprint density at radius 1 is 1.14 bits per heavy atom. The minimum absolute atomic E-state index is 0.550. The smallest absolute Gasteiger partial charge is 0.181 e. The Labute approximate surface area is 129 Å². The molecule has 0 aliphatic rings. The molecule has 0 unspecified atom stereocenters. The van der Waals surface area contributed by atoms with Crippen molar-refractivity contribution in [3.05, 3.63) is 59.9 Å². The fraction of sp³-hybridized carbons (Fsp3) is 0.176. The van der Waals surface area contributed by atoms with Gasteiger partial charge in [-0.2, -0.15) is 5.10 Å². The summed E-state index contributed by atoms with van der Waals surface area (Å²) in [5.41, 5.74) is 8.63. The quantitative estimate of drug-likeness (QED) is 0.709. The number of benzene rings is 2. The van der Waals surface area contributed by atoms with Crippen molar-refractivity contribution >= 4 is 5.69 Å². The van der Waals surface area contributed by atoms with Gasteiger partial charge in [-0.15, -0.1) is 0 Å². The number of aromatic nitrogens is 3. The Morgan fingerprint density at radius 3 is 2.73 bits per heavy atom. The number of hydrogen-bond donors (Lipinski definition) is 2. The molecular weight excluding hydrogens is 276 g/mol. The Morgan fingerprint density at radius 2 is 1.95 bits per heavy atom. The molecule has 5 heteroatoms. The van der Waals surface area contributed by atoms with Crippen LogP contribution in [0, 0.1) is 6.92 Å². The third-order valence-electron chi connectivity index (χ3n) is 3.42. The van der Waals surface area contributed by atoms with Crippen molar-refractivity contribution in [1.82, 2.24) is 15.2 Å². The molecule has 3 rings (SSSR count). The van der Waals surface area contributed by atoms with E-state index >= 15 is 0 Å². The molecule has 0 bridgehead atoms. The number of nitrogens with two attached hydrogens (primary N) is 1. The van der Waals surface area contributed by atoms with Gasteiger partial charge < -0.3 is 10.5 Å². The molecule has 3 N–H and O–H groups in total. The third-order valence-corrected chi connectivity index (χ3v) is 3.42. The van der Waals surface area contributed by atoms with Crippen LogP contribution in [0.25, 0.3) is 11.4 Å². The largest absolute Gasteiger partial charge is 0.493 e. The molecule has 22 heavy (non-hydrogen) atoms. The molecule has 2 aromatic carbocycles. The Balaban J connectivity index is 1.62. The number of rotatable bonds is 5. The van der Waals surface area contributed by atoms with Crippen LogP contribution >= 0.6 is 0 Å². The van der Waals surface area contributed by atoms with Gasteiger partial charge in [-0.05, 0) is 30.7 Å². The Hall–Kier alpha value is -2.82. The van der Waals surface area contributed by atoms with Crippen LogP contribution in [-0.4, -0.2) is 21.8 Å². The molecule has 0 spiro atoms. The number of H-pyrrole nitrogens is 1. The lowest BCUT2D eigenvalue weighted by Gasteiger charge is -2.03. The number of aromatic amines is 1. The molecule has 1 heterocycles. The van der Waals surface area contributed by atoms with Crippen LogP contribution in [0.2, 0.25) is 0 Å². The third kappa shape index (κ3) is 3.25. The van der Waals surface area contributed by atoms with Crippen molar-refractivity contribution < 1.29 is 4.74 Å². The minimum atomic E-state index is 0.550. The number of anilines is 1. The second-order valence-electron chi connectivity index (χ2n) is 5.09.